The minimum absolute atomic E-state index is 0.127. The molecule has 2 nitrogen and oxygen atoms in total. The molecule has 284 valence electrons. The van der Waals surface area contributed by atoms with Crippen molar-refractivity contribution in [3.63, 3.8) is 0 Å². The molecule has 0 radical (unpaired) electrons. The van der Waals surface area contributed by atoms with Crippen LogP contribution in [0.1, 0.15) is 71.9 Å². The normalized spacial score (nSPS) is 11.9. The molecule has 57 heavy (non-hydrogen) atoms. The van der Waals surface area contributed by atoms with Crippen LogP contribution < -0.4 is 9.80 Å². The Kier molecular flexibility index (Phi) is 10.5. The van der Waals surface area contributed by atoms with Crippen LogP contribution >= 0.6 is 0 Å². The molecule has 8 rings (SSSR count). The Morgan fingerprint density at radius 3 is 1.09 bits per heavy atom. The van der Waals surface area contributed by atoms with Crippen LogP contribution in [0.25, 0.3) is 32.7 Å². The highest BCUT2D eigenvalue weighted by Crippen LogP contribution is 2.43. The summed E-state index contributed by atoms with van der Waals surface area (Å²) in [7, 11) is 0. The van der Waals surface area contributed by atoms with Gasteiger partial charge in [0.2, 0.25) is 0 Å². The Morgan fingerprint density at radius 2 is 0.702 bits per heavy atom. The van der Waals surface area contributed by atoms with Gasteiger partial charge in [-0.2, -0.15) is 0 Å². The molecule has 0 aliphatic heterocycles. The van der Waals surface area contributed by atoms with Crippen molar-refractivity contribution in [3.8, 4) is 11.1 Å². The summed E-state index contributed by atoms with van der Waals surface area (Å²) in [5, 5.41) is 4.92. The minimum Gasteiger partial charge on any atom is -0.310 e. The Labute approximate surface area is 340 Å². The van der Waals surface area contributed by atoms with Crippen LogP contribution in [0.5, 0.6) is 0 Å². The SMILES string of the molecule is CCC(C)(C)c1ccc(N(c2ccc(-c3ccc(N(c4ccc(C(C)(CC)CC)cc4)c4cccc5ccccc45)cc3)cc2)c2cccc3ccccc23)cc1. The summed E-state index contributed by atoms with van der Waals surface area (Å²) in [5.41, 5.74) is 12.3. The van der Waals surface area contributed by atoms with Gasteiger partial charge in [-0.05, 0) is 124 Å². The van der Waals surface area contributed by atoms with Gasteiger partial charge in [0, 0.05) is 33.5 Å². The quantitative estimate of drug-likeness (QED) is 0.123. The first-order valence-corrected chi connectivity index (χ1v) is 20.7. The molecular formula is C55H54N2. The maximum Gasteiger partial charge on any atom is 0.0540 e. The third kappa shape index (κ3) is 7.33. The predicted octanol–water partition coefficient (Wildman–Crippen LogP) is 16.4. The number of hydrogen-bond acceptors (Lipinski definition) is 2. The molecule has 0 fully saturated rings. The molecule has 0 saturated carbocycles. The molecule has 0 atom stereocenters. The second-order valence-corrected chi connectivity index (χ2v) is 16.4. The molecule has 0 unspecified atom stereocenters. The second kappa shape index (κ2) is 15.8. The first-order valence-electron chi connectivity index (χ1n) is 20.7. The lowest BCUT2D eigenvalue weighted by Gasteiger charge is -2.30. The lowest BCUT2D eigenvalue weighted by molar-refractivity contribution is 0.439. The van der Waals surface area contributed by atoms with Crippen molar-refractivity contribution < 1.29 is 0 Å². The third-order valence-electron chi connectivity index (χ3n) is 12.8. The van der Waals surface area contributed by atoms with Gasteiger partial charge in [0.05, 0.1) is 11.4 Å². The smallest absolute Gasteiger partial charge is 0.0540 e. The van der Waals surface area contributed by atoms with Crippen molar-refractivity contribution in [3.05, 3.63) is 193 Å². The Balaban J connectivity index is 1.16. The van der Waals surface area contributed by atoms with Crippen LogP contribution in [0.15, 0.2) is 182 Å². The fourth-order valence-electron chi connectivity index (χ4n) is 8.20. The summed E-state index contributed by atoms with van der Waals surface area (Å²) >= 11 is 0. The van der Waals surface area contributed by atoms with Gasteiger partial charge in [0.15, 0.2) is 0 Å². The van der Waals surface area contributed by atoms with Gasteiger partial charge in [-0.15, -0.1) is 0 Å². The van der Waals surface area contributed by atoms with E-state index in [0.29, 0.717) is 0 Å². The van der Waals surface area contributed by atoms with E-state index in [1.54, 1.807) is 0 Å². The van der Waals surface area contributed by atoms with Gasteiger partial charge in [-0.25, -0.2) is 0 Å². The Hall–Kier alpha value is -6.12. The number of rotatable bonds is 12. The Bertz CT molecular complexity index is 2580. The summed E-state index contributed by atoms with van der Waals surface area (Å²) in [6.45, 7) is 13.9. The monoisotopic (exact) mass is 742 g/mol. The number of nitrogens with zero attached hydrogens (tertiary/aromatic N) is 2. The van der Waals surface area contributed by atoms with E-state index in [1.807, 2.05) is 0 Å². The fourth-order valence-corrected chi connectivity index (χ4v) is 8.20. The van der Waals surface area contributed by atoms with Gasteiger partial charge >= 0.3 is 0 Å². The van der Waals surface area contributed by atoms with Crippen molar-refractivity contribution in [2.24, 2.45) is 0 Å². The van der Waals surface area contributed by atoms with E-state index in [2.05, 4.69) is 233 Å². The lowest BCUT2D eigenvalue weighted by Crippen LogP contribution is -2.19. The Morgan fingerprint density at radius 1 is 0.351 bits per heavy atom. The van der Waals surface area contributed by atoms with E-state index in [1.165, 1.54) is 55.2 Å². The van der Waals surface area contributed by atoms with Crippen LogP contribution in [0.2, 0.25) is 0 Å². The molecule has 0 aliphatic rings. The van der Waals surface area contributed by atoms with Crippen LogP contribution in [0.3, 0.4) is 0 Å². The molecule has 0 amide bonds. The van der Waals surface area contributed by atoms with Crippen LogP contribution in [0, 0.1) is 0 Å². The molecule has 0 aromatic heterocycles. The van der Waals surface area contributed by atoms with Gasteiger partial charge in [-0.1, -0.05) is 163 Å². The zero-order valence-electron chi connectivity index (χ0n) is 34.3. The van der Waals surface area contributed by atoms with Crippen LogP contribution in [-0.4, -0.2) is 0 Å². The minimum atomic E-state index is 0.127. The molecule has 0 N–H and O–H groups in total. The summed E-state index contributed by atoms with van der Waals surface area (Å²) in [6, 6.07) is 67.1. The topological polar surface area (TPSA) is 6.48 Å². The summed E-state index contributed by atoms with van der Waals surface area (Å²) in [6.07, 6.45) is 3.32. The summed E-state index contributed by atoms with van der Waals surface area (Å²) < 4.78 is 0. The van der Waals surface area contributed by atoms with Gasteiger partial charge < -0.3 is 9.80 Å². The number of hydrogen-bond donors (Lipinski definition) is 0. The van der Waals surface area contributed by atoms with E-state index in [4.69, 9.17) is 0 Å². The largest absolute Gasteiger partial charge is 0.310 e. The molecule has 8 aromatic rings. The highest BCUT2D eigenvalue weighted by Gasteiger charge is 2.24. The number of benzene rings is 8. The maximum absolute atomic E-state index is 2.41. The third-order valence-corrected chi connectivity index (χ3v) is 12.8. The van der Waals surface area contributed by atoms with Gasteiger partial charge in [0.1, 0.15) is 0 Å². The first kappa shape index (κ1) is 37.8. The molecule has 0 saturated heterocycles. The molecular weight excluding hydrogens is 689 g/mol. The molecule has 0 bridgehead atoms. The number of fused-ring (bicyclic) bond motifs is 2. The van der Waals surface area contributed by atoms with E-state index in [0.717, 1.165) is 42.0 Å². The van der Waals surface area contributed by atoms with Crippen molar-refractivity contribution in [1.82, 2.24) is 0 Å². The van der Waals surface area contributed by atoms with Crippen molar-refractivity contribution in [1.29, 1.82) is 0 Å². The number of anilines is 6. The van der Waals surface area contributed by atoms with E-state index in [-0.39, 0.29) is 10.8 Å². The van der Waals surface area contributed by atoms with E-state index in [9.17, 15) is 0 Å². The summed E-state index contributed by atoms with van der Waals surface area (Å²) in [5.74, 6) is 0. The maximum atomic E-state index is 2.41. The summed E-state index contributed by atoms with van der Waals surface area (Å²) in [4.78, 5) is 4.80. The molecule has 0 heterocycles. The molecule has 2 heteroatoms. The average molecular weight is 743 g/mol. The van der Waals surface area contributed by atoms with Crippen LogP contribution in [0.4, 0.5) is 34.1 Å². The fraction of sp³-hybridized carbons (Fsp3) is 0.200. The zero-order chi connectivity index (χ0) is 39.6. The standard InChI is InChI=1S/C55H54N2/c1-7-54(4,5)44-28-36-48(37-29-44)56(52-22-14-18-42-16-10-12-20-50(42)52)46-32-24-40(25-33-46)41-26-34-47(35-27-41)57(53-23-15-19-43-17-11-13-21-51(43)53)49-38-30-45(31-39-49)55(6,8-2)9-3/h10-39H,7-9H2,1-6H3. The first-order chi connectivity index (χ1) is 27.7. The van der Waals surface area contributed by atoms with Crippen molar-refractivity contribution >= 4 is 55.7 Å². The molecule has 0 aliphatic carbocycles. The molecule has 0 spiro atoms. The van der Waals surface area contributed by atoms with Crippen molar-refractivity contribution in [2.45, 2.75) is 71.6 Å². The van der Waals surface area contributed by atoms with E-state index >= 15 is 0 Å². The highest BCUT2D eigenvalue weighted by molar-refractivity contribution is 6.00. The molecule has 8 aromatic carbocycles. The average Bonchev–Trinajstić information content (AvgIpc) is 3.27. The van der Waals surface area contributed by atoms with Gasteiger partial charge in [0.25, 0.3) is 0 Å². The lowest BCUT2D eigenvalue weighted by atomic mass is 9.78. The van der Waals surface area contributed by atoms with Crippen LogP contribution in [-0.2, 0) is 10.8 Å². The highest BCUT2D eigenvalue weighted by atomic mass is 15.1. The van der Waals surface area contributed by atoms with Crippen molar-refractivity contribution in [2.75, 3.05) is 9.80 Å². The predicted molar refractivity (Wildman–Crippen MR) is 248 cm³/mol. The second-order valence-electron chi connectivity index (χ2n) is 16.4. The van der Waals surface area contributed by atoms with Gasteiger partial charge in [-0.3, -0.25) is 0 Å². The van der Waals surface area contributed by atoms with E-state index < -0.39 is 0 Å². The zero-order valence-corrected chi connectivity index (χ0v) is 34.3.